The topological polar surface area (TPSA) is 43.8 Å². The molecular formula is C13H17N3S. The molecule has 0 amide bonds. The van der Waals surface area contributed by atoms with Crippen LogP contribution in [-0.4, -0.2) is 9.55 Å². The standard InChI is InChI=1S/C13H17N3S/c1-9-10(2)16(3)13(15-9)8-17-12-6-4-11(14)5-7-12/h4-7H,8,14H2,1-3H3. The normalized spacial score (nSPS) is 10.8. The van der Waals surface area contributed by atoms with Crippen LogP contribution in [0.25, 0.3) is 0 Å². The molecule has 3 nitrogen and oxygen atoms in total. The van der Waals surface area contributed by atoms with Gasteiger partial charge in [-0.1, -0.05) is 0 Å². The van der Waals surface area contributed by atoms with Crippen LogP contribution in [0.15, 0.2) is 29.2 Å². The van der Waals surface area contributed by atoms with Crippen LogP contribution in [0, 0.1) is 13.8 Å². The molecule has 0 aliphatic rings. The molecule has 0 fully saturated rings. The highest BCUT2D eigenvalue weighted by atomic mass is 32.2. The summed E-state index contributed by atoms with van der Waals surface area (Å²) < 4.78 is 2.15. The fourth-order valence-corrected chi connectivity index (χ4v) is 2.51. The second kappa shape index (κ2) is 4.84. The van der Waals surface area contributed by atoms with Crippen LogP contribution in [0.3, 0.4) is 0 Å². The Morgan fingerprint density at radius 2 is 1.88 bits per heavy atom. The molecule has 0 aliphatic carbocycles. The average molecular weight is 247 g/mol. The van der Waals surface area contributed by atoms with Gasteiger partial charge in [-0.15, -0.1) is 11.8 Å². The first-order chi connectivity index (χ1) is 8.08. The number of hydrogen-bond acceptors (Lipinski definition) is 3. The fraction of sp³-hybridized carbons (Fsp3) is 0.308. The number of anilines is 1. The van der Waals surface area contributed by atoms with Gasteiger partial charge in [-0.25, -0.2) is 4.98 Å². The van der Waals surface area contributed by atoms with E-state index in [1.54, 1.807) is 11.8 Å². The molecule has 90 valence electrons. The van der Waals surface area contributed by atoms with Crippen molar-refractivity contribution in [2.45, 2.75) is 24.5 Å². The molecule has 2 N–H and O–H groups in total. The maximum atomic E-state index is 5.66. The van der Waals surface area contributed by atoms with Crippen molar-refractivity contribution < 1.29 is 0 Å². The van der Waals surface area contributed by atoms with Gasteiger partial charge < -0.3 is 10.3 Å². The third-order valence-corrected chi connectivity index (χ3v) is 3.97. The number of nitrogen functional groups attached to an aromatic ring is 1. The van der Waals surface area contributed by atoms with E-state index in [9.17, 15) is 0 Å². The molecule has 0 bridgehead atoms. The Kier molecular flexibility index (Phi) is 3.43. The zero-order chi connectivity index (χ0) is 12.4. The summed E-state index contributed by atoms with van der Waals surface area (Å²) in [7, 11) is 2.06. The van der Waals surface area contributed by atoms with Gasteiger partial charge in [0.25, 0.3) is 0 Å². The number of rotatable bonds is 3. The van der Waals surface area contributed by atoms with Gasteiger partial charge in [0.15, 0.2) is 0 Å². The molecule has 1 aromatic carbocycles. The quantitative estimate of drug-likeness (QED) is 0.670. The summed E-state index contributed by atoms with van der Waals surface area (Å²) in [6.07, 6.45) is 0. The van der Waals surface area contributed by atoms with Crippen molar-refractivity contribution in [2.75, 3.05) is 5.73 Å². The Labute approximate surface area is 106 Å². The second-order valence-electron chi connectivity index (χ2n) is 4.12. The molecule has 0 spiro atoms. The summed E-state index contributed by atoms with van der Waals surface area (Å²) in [6, 6.07) is 7.94. The number of imidazole rings is 1. The van der Waals surface area contributed by atoms with E-state index in [2.05, 4.69) is 23.5 Å². The van der Waals surface area contributed by atoms with E-state index in [0.717, 1.165) is 23.0 Å². The Hall–Kier alpha value is -1.42. The highest BCUT2D eigenvalue weighted by molar-refractivity contribution is 7.98. The minimum atomic E-state index is 0.804. The van der Waals surface area contributed by atoms with Crippen LogP contribution in [0.5, 0.6) is 0 Å². The third-order valence-electron chi connectivity index (χ3n) is 2.96. The zero-order valence-electron chi connectivity index (χ0n) is 10.4. The highest BCUT2D eigenvalue weighted by Gasteiger charge is 2.07. The number of benzene rings is 1. The van der Waals surface area contributed by atoms with Crippen molar-refractivity contribution in [3.63, 3.8) is 0 Å². The van der Waals surface area contributed by atoms with Crippen LogP contribution < -0.4 is 5.73 Å². The number of thioether (sulfide) groups is 1. The van der Waals surface area contributed by atoms with E-state index in [-0.39, 0.29) is 0 Å². The maximum Gasteiger partial charge on any atom is 0.119 e. The predicted octanol–water partition coefficient (Wildman–Crippen LogP) is 2.91. The molecule has 4 heteroatoms. The lowest BCUT2D eigenvalue weighted by Gasteiger charge is -2.03. The summed E-state index contributed by atoms with van der Waals surface area (Å²) in [4.78, 5) is 5.78. The number of hydrogen-bond donors (Lipinski definition) is 1. The van der Waals surface area contributed by atoms with E-state index in [1.165, 1.54) is 10.6 Å². The Bertz CT molecular complexity index is 514. The first-order valence-corrected chi connectivity index (χ1v) is 6.53. The summed E-state index contributed by atoms with van der Waals surface area (Å²) >= 11 is 1.78. The highest BCUT2D eigenvalue weighted by Crippen LogP contribution is 2.23. The Balaban J connectivity index is 2.07. The van der Waals surface area contributed by atoms with Gasteiger partial charge in [0.2, 0.25) is 0 Å². The van der Waals surface area contributed by atoms with Gasteiger partial charge in [-0.2, -0.15) is 0 Å². The van der Waals surface area contributed by atoms with Crippen LogP contribution >= 0.6 is 11.8 Å². The van der Waals surface area contributed by atoms with E-state index < -0.39 is 0 Å². The van der Waals surface area contributed by atoms with Gasteiger partial charge in [0.1, 0.15) is 5.82 Å². The smallest absolute Gasteiger partial charge is 0.119 e. The molecule has 2 aromatic rings. The van der Waals surface area contributed by atoms with Gasteiger partial charge in [-0.05, 0) is 38.1 Å². The van der Waals surface area contributed by atoms with Crippen LogP contribution in [0.1, 0.15) is 17.2 Å². The molecule has 0 saturated heterocycles. The lowest BCUT2D eigenvalue weighted by atomic mass is 10.3. The Morgan fingerprint density at radius 3 is 2.41 bits per heavy atom. The lowest BCUT2D eigenvalue weighted by Crippen LogP contribution is -1.97. The molecule has 17 heavy (non-hydrogen) atoms. The summed E-state index contributed by atoms with van der Waals surface area (Å²) in [5.41, 5.74) is 8.80. The summed E-state index contributed by atoms with van der Waals surface area (Å²) in [6.45, 7) is 4.15. The molecule has 0 aliphatic heterocycles. The fourth-order valence-electron chi connectivity index (χ4n) is 1.63. The number of nitrogens with two attached hydrogens (primary N) is 1. The van der Waals surface area contributed by atoms with Crippen LogP contribution in [0.4, 0.5) is 5.69 Å². The van der Waals surface area contributed by atoms with Gasteiger partial charge in [-0.3, -0.25) is 0 Å². The predicted molar refractivity (Wildman–Crippen MR) is 73.1 cm³/mol. The van der Waals surface area contributed by atoms with Crippen LogP contribution in [-0.2, 0) is 12.8 Å². The van der Waals surface area contributed by atoms with E-state index in [4.69, 9.17) is 5.73 Å². The third kappa shape index (κ3) is 2.64. The van der Waals surface area contributed by atoms with Crippen molar-refractivity contribution >= 4 is 17.4 Å². The van der Waals surface area contributed by atoms with Gasteiger partial charge in [0.05, 0.1) is 11.4 Å². The summed E-state index contributed by atoms with van der Waals surface area (Å²) in [5, 5.41) is 0. The molecule has 0 radical (unpaired) electrons. The van der Waals surface area contributed by atoms with Crippen molar-refractivity contribution in [1.29, 1.82) is 0 Å². The summed E-state index contributed by atoms with van der Waals surface area (Å²) in [5.74, 6) is 2.00. The van der Waals surface area contributed by atoms with Crippen molar-refractivity contribution in [3.05, 3.63) is 41.5 Å². The molecule has 0 atom stereocenters. The molecule has 0 saturated carbocycles. The molecule has 1 heterocycles. The molecule has 0 unspecified atom stereocenters. The molecular weight excluding hydrogens is 230 g/mol. The van der Waals surface area contributed by atoms with Crippen molar-refractivity contribution in [2.24, 2.45) is 7.05 Å². The monoisotopic (exact) mass is 247 g/mol. The van der Waals surface area contributed by atoms with E-state index >= 15 is 0 Å². The number of aromatic nitrogens is 2. The minimum Gasteiger partial charge on any atom is -0.399 e. The van der Waals surface area contributed by atoms with Crippen LogP contribution in [0.2, 0.25) is 0 Å². The number of aryl methyl sites for hydroxylation is 1. The van der Waals surface area contributed by atoms with E-state index in [0.29, 0.717) is 0 Å². The molecule has 2 rings (SSSR count). The van der Waals surface area contributed by atoms with Gasteiger partial charge in [0, 0.05) is 23.3 Å². The Morgan fingerprint density at radius 1 is 1.24 bits per heavy atom. The van der Waals surface area contributed by atoms with Crippen molar-refractivity contribution in [3.8, 4) is 0 Å². The first kappa shape index (κ1) is 12.0. The second-order valence-corrected chi connectivity index (χ2v) is 5.16. The van der Waals surface area contributed by atoms with E-state index in [1.807, 2.05) is 31.2 Å². The SMILES string of the molecule is Cc1nc(CSc2ccc(N)cc2)n(C)c1C. The van der Waals surface area contributed by atoms with Gasteiger partial charge >= 0.3 is 0 Å². The average Bonchev–Trinajstić information content (AvgIpc) is 2.56. The lowest BCUT2D eigenvalue weighted by molar-refractivity contribution is 0.819. The first-order valence-electron chi connectivity index (χ1n) is 5.55. The molecule has 1 aromatic heterocycles. The largest absolute Gasteiger partial charge is 0.399 e. The number of nitrogens with zero attached hydrogens (tertiary/aromatic N) is 2. The maximum absolute atomic E-state index is 5.66. The zero-order valence-corrected chi connectivity index (χ0v) is 11.2. The van der Waals surface area contributed by atoms with Crippen molar-refractivity contribution in [1.82, 2.24) is 9.55 Å². The minimum absolute atomic E-state index is 0.804.